The number of hydrogen-bond donors (Lipinski definition) is 1. The van der Waals surface area contributed by atoms with Crippen LogP contribution in [0, 0.1) is 5.92 Å². The number of benzene rings is 2. The second kappa shape index (κ2) is 5.57. The molecule has 0 spiro atoms. The smallest absolute Gasteiger partial charge is 0.322 e. The van der Waals surface area contributed by atoms with Crippen molar-refractivity contribution in [2.45, 2.75) is 42.7 Å². The van der Waals surface area contributed by atoms with E-state index in [0.29, 0.717) is 6.42 Å². The Hall–Kier alpha value is -1.92. The maximum atomic E-state index is 13.2. The summed E-state index contributed by atoms with van der Waals surface area (Å²) in [6, 6.07) is 11.4. The van der Waals surface area contributed by atoms with Gasteiger partial charge in [-0.25, -0.2) is 8.42 Å². The fourth-order valence-corrected chi connectivity index (χ4v) is 6.16. The molecular formula is C18H19NO4S. The van der Waals surface area contributed by atoms with Crippen LogP contribution < -0.4 is 0 Å². The van der Waals surface area contributed by atoms with Crippen molar-refractivity contribution >= 4 is 26.8 Å². The minimum Gasteiger partial charge on any atom is -0.480 e. The van der Waals surface area contributed by atoms with Gasteiger partial charge in [-0.2, -0.15) is 4.31 Å². The lowest BCUT2D eigenvalue weighted by Crippen LogP contribution is -2.44. The number of carbonyl (C=O) groups is 1. The summed E-state index contributed by atoms with van der Waals surface area (Å²) in [5, 5.41) is 11.3. The van der Waals surface area contributed by atoms with Crippen LogP contribution in [0.1, 0.15) is 25.7 Å². The highest BCUT2D eigenvalue weighted by molar-refractivity contribution is 7.89. The number of sulfonamides is 1. The van der Waals surface area contributed by atoms with Gasteiger partial charge in [0, 0.05) is 6.04 Å². The Morgan fingerprint density at radius 1 is 1.08 bits per heavy atom. The van der Waals surface area contributed by atoms with Gasteiger partial charge in [0.1, 0.15) is 6.04 Å². The molecule has 0 aromatic heterocycles. The first-order valence-corrected chi connectivity index (χ1v) is 9.67. The van der Waals surface area contributed by atoms with Crippen LogP contribution in [0.3, 0.4) is 0 Å². The van der Waals surface area contributed by atoms with Crippen molar-refractivity contribution in [3.63, 3.8) is 0 Å². The van der Waals surface area contributed by atoms with E-state index < -0.39 is 22.0 Å². The Bertz CT molecular complexity index is 908. The van der Waals surface area contributed by atoms with Gasteiger partial charge in [0.15, 0.2) is 0 Å². The van der Waals surface area contributed by atoms with Crippen LogP contribution in [-0.4, -0.2) is 35.9 Å². The zero-order valence-corrected chi connectivity index (χ0v) is 13.9. The highest BCUT2D eigenvalue weighted by atomic mass is 32.2. The molecule has 1 saturated heterocycles. The number of rotatable bonds is 3. The maximum Gasteiger partial charge on any atom is 0.322 e. The predicted octanol–water partition coefficient (Wildman–Crippen LogP) is 2.86. The molecule has 0 radical (unpaired) electrons. The van der Waals surface area contributed by atoms with Gasteiger partial charge in [-0.3, -0.25) is 4.79 Å². The minimum absolute atomic E-state index is 0.168. The summed E-state index contributed by atoms with van der Waals surface area (Å²) in [5.41, 5.74) is 0. The van der Waals surface area contributed by atoms with Crippen LogP contribution in [0.2, 0.25) is 0 Å². The average Bonchev–Trinajstić information content (AvgIpc) is 3.14. The summed E-state index contributed by atoms with van der Waals surface area (Å²) in [7, 11) is -3.83. The van der Waals surface area contributed by atoms with E-state index >= 15 is 0 Å². The van der Waals surface area contributed by atoms with E-state index in [2.05, 4.69) is 0 Å². The van der Waals surface area contributed by atoms with E-state index in [1.165, 1.54) is 4.31 Å². The molecule has 1 N–H and O–H groups in total. The standard InChI is InChI=1S/C18H19NO4S/c20-18(21)17-11-14-6-3-7-16(14)19(17)24(22,23)15-9-8-12-4-1-2-5-13(12)10-15/h1-2,4-5,8-10,14,16-17H,3,6-7,11H2,(H,20,21)/t14-,16-,17-/m1/s1. The number of aliphatic carboxylic acids is 1. The van der Waals surface area contributed by atoms with E-state index in [-0.39, 0.29) is 16.9 Å². The Balaban J connectivity index is 1.80. The van der Waals surface area contributed by atoms with Crippen LogP contribution in [0.4, 0.5) is 0 Å². The minimum atomic E-state index is -3.83. The lowest BCUT2D eigenvalue weighted by Gasteiger charge is -2.26. The third-order valence-corrected chi connectivity index (χ3v) is 7.29. The van der Waals surface area contributed by atoms with Crippen molar-refractivity contribution in [3.8, 4) is 0 Å². The van der Waals surface area contributed by atoms with E-state index in [9.17, 15) is 18.3 Å². The number of carboxylic acids is 1. The van der Waals surface area contributed by atoms with Gasteiger partial charge in [0.25, 0.3) is 0 Å². The molecular weight excluding hydrogens is 326 g/mol. The Morgan fingerprint density at radius 3 is 2.58 bits per heavy atom. The molecule has 0 bridgehead atoms. The quantitative estimate of drug-likeness (QED) is 0.928. The van der Waals surface area contributed by atoms with Gasteiger partial charge in [-0.15, -0.1) is 0 Å². The second-order valence-electron chi connectivity index (χ2n) is 6.69. The summed E-state index contributed by atoms with van der Waals surface area (Å²) in [6.07, 6.45) is 3.05. The number of nitrogens with zero attached hydrogens (tertiary/aromatic N) is 1. The summed E-state index contributed by atoms with van der Waals surface area (Å²) in [4.78, 5) is 11.8. The van der Waals surface area contributed by atoms with Gasteiger partial charge in [0.05, 0.1) is 4.90 Å². The summed E-state index contributed by atoms with van der Waals surface area (Å²) in [6.45, 7) is 0. The molecule has 1 heterocycles. The number of carboxylic acid groups (broad SMARTS) is 1. The second-order valence-corrected chi connectivity index (χ2v) is 8.54. The molecule has 0 unspecified atom stereocenters. The Labute approximate surface area is 140 Å². The van der Waals surface area contributed by atoms with Gasteiger partial charge in [-0.05, 0) is 48.1 Å². The summed E-state index contributed by atoms with van der Waals surface area (Å²) < 4.78 is 27.7. The van der Waals surface area contributed by atoms with Crippen LogP contribution in [0.25, 0.3) is 10.8 Å². The molecule has 24 heavy (non-hydrogen) atoms. The number of hydrogen-bond acceptors (Lipinski definition) is 3. The lowest BCUT2D eigenvalue weighted by atomic mass is 10.0. The van der Waals surface area contributed by atoms with Gasteiger partial charge in [0.2, 0.25) is 10.0 Å². The zero-order valence-electron chi connectivity index (χ0n) is 13.1. The van der Waals surface area contributed by atoms with Crippen molar-refractivity contribution in [2.24, 2.45) is 5.92 Å². The van der Waals surface area contributed by atoms with Crippen molar-refractivity contribution in [2.75, 3.05) is 0 Å². The highest BCUT2D eigenvalue weighted by Gasteiger charge is 2.52. The van der Waals surface area contributed by atoms with Crippen molar-refractivity contribution in [1.29, 1.82) is 0 Å². The first-order valence-electron chi connectivity index (χ1n) is 8.23. The van der Waals surface area contributed by atoms with E-state index in [1.54, 1.807) is 18.2 Å². The monoisotopic (exact) mass is 345 g/mol. The molecule has 2 aliphatic rings. The van der Waals surface area contributed by atoms with Crippen LogP contribution in [0.15, 0.2) is 47.4 Å². The third kappa shape index (κ3) is 2.32. The van der Waals surface area contributed by atoms with E-state index in [4.69, 9.17) is 0 Å². The molecule has 1 aliphatic carbocycles. The van der Waals surface area contributed by atoms with Crippen molar-refractivity contribution in [1.82, 2.24) is 4.31 Å². The van der Waals surface area contributed by atoms with Crippen molar-refractivity contribution < 1.29 is 18.3 Å². The van der Waals surface area contributed by atoms with Crippen molar-refractivity contribution in [3.05, 3.63) is 42.5 Å². The molecule has 2 fully saturated rings. The molecule has 126 valence electrons. The molecule has 5 nitrogen and oxygen atoms in total. The predicted molar refractivity (Wildman–Crippen MR) is 90.1 cm³/mol. The molecule has 6 heteroatoms. The normalized spacial score (nSPS) is 27.4. The third-order valence-electron chi connectivity index (χ3n) is 5.36. The van der Waals surface area contributed by atoms with Crippen LogP contribution in [-0.2, 0) is 14.8 Å². The molecule has 1 aliphatic heterocycles. The molecule has 2 aromatic rings. The van der Waals surface area contributed by atoms with E-state index in [0.717, 1.165) is 30.0 Å². The largest absolute Gasteiger partial charge is 0.480 e. The Morgan fingerprint density at radius 2 is 1.83 bits per heavy atom. The SMILES string of the molecule is O=C(O)[C@H]1C[C@H]2CCC[C@H]2N1S(=O)(=O)c1ccc2ccccc2c1. The lowest BCUT2D eigenvalue weighted by molar-refractivity contribution is -0.141. The average molecular weight is 345 g/mol. The molecule has 3 atom stereocenters. The topological polar surface area (TPSA) is 74.7 Å². The van der Waals surface area contributed by atoms with Gasteiger partial charge >= 0.3 is 5.97 Å². The maximum absolute atomic E-state index is 13.2. The first kappa shape index (κ1) is 15.6. The first-order chi connectivity index (χ1) is 11.5. The van der Waals surface area contributed by atoms with Gasteiger partial charge in [-0.1, -0.05) is 36.8 Å². The van der Waals surface area contributed by atoms with Gasteiger partial charge < -0.3 is 5.11 Å². The van der Waals surface area contributed by atoms with Crippen LogP contribution in [0.5, 0.6) is 0 Å². The fourth-order valence-electron chi connectivity index (χ4n) is 4.25. The molecule has 1 saturated carbocycles. The highest BCUT2D eigenvalue weighted by Crippen LogP contribution is 2.44. The fraction of sp³-hybridized carbons (Fsp3) is 0.389. The number of fused-ring (bicyclic) bond motifs is 2. The molecule has 2 aromatic carbocycles. The Kier molecular flexibility index (Phi) is 3.62. The molecule has 4 rings (SSSR count). The van der Waals surface area contributed by atoms with E-state index in [1.807, 2.05) is 24.3 Å². The summed E-state index contributed by atoms with van der Waals surface area (Å²) >= 11 is 0. The zero-order chi connectivity index (χ0) is 16.9. The summed E-state index contributed by atoms with van der Waals surface area (Å²) in [5.74, 6) is -0.880. The molecule has 0 amide bonds. The van der Waals surface area contributed by atoms with Crippen LogP contribution >= 0.6 is 0 Å².